The lowest BCUT2D eigenvalue weighted by molar-refractivity contribution is -0.134. The number of amides is 1. The van der Waals surface area contributed by atoms with Crippen LogP contribution in [0, 0.1) is 0 Å². The number of aromatic nitrogens is 1. The van der Waals surface area contributed by atoms with Gasteiger partial charge in [-0.3, -0.25) is 14.7 Å². The zero-order valence-electron chi connectivity index (χ0n) is 12.7. The van der Waals surface area contributed by atoms with Crippen LogP contribution in [-0.4, -0.2) is 41.8 Å². The monoisotopic (exact) mass is 283 g/mol. The number of pyridine rings is 1. The van der Waals surface area contributed by atoms with E-state index in [9.17, 15) is 4.79 Å². The minimum absolute atomic E-state index is 0.0765. The molecule has 0 aliphatic carbocycles. The Bertz CT molecular complexity index is 569. The molecule has 1 heterocycles. The van der Waals surface area contributed by atoms with Crippen molar-refractivity contribution < 1.29 is 4.79 Å². The summed E-state index contributed by atoms with van der Waals surface area (Å²) in [6.45, 7) is 0.674. The number of carbonyl (C=O) groups is 1. The quantitative estimate of drug-likeness (QED) is 0.845. The molecule has 0 radical (unpaired) electrons. The summed E-state index contributed by atoms with van der Waals surface area (Å²) in [7, 11) is 5.54. The van der Waals surface area contributed by atoms with Gasteiger partial charge in [-0.05, 0) is 24.2 Å². The van der Waals surface area contributed by atoms with E-state index in [-0.39, 0.29) is 11.9 Å². The Balaban J connectivity index is 2.25. The topological polar surface area (TPSA) is 36.4 Å². The highest BCUT2D eigenvalue weighted by molar-refractivity contribution is 5.82. The van der Waals surface area contributed by atoms with E-state index >= 15 is 0 Å². The number of likely N-dealkylation sites (N-methyl/N-ethyl adjacent to an activating group) is 2. The molecule has 2 aromatic rings. The van der Waals surface area contributed by atoms with Gasteiger partial charge in [0.05, 0.1) is 0 Å². The number of benzene rings is 1. The molecule has 0 aliphatic rings. The molecule has 0 unspecified atom stereocenters. The molecule has 1 amide bonds. The van der Waals surface area contributed by atoms with Gasteiger partial charge in [0, 0.05) is 33.0 Å². The van der Waals surface area contributed by atoms with Crippen LogP contribution in [0.4, 0.5) is 0 Å². The first kappa shape index (κ1) is 15.2. The van der Waals surface area contributed by atoms with Gasteiger partial charge in [-0.25, -0.2) is 0 Å². The second-order valence-corrected chi connectivity index (χ2v) is 5.32. The predicted molar refractivity (Wildman–Crippen MR) is 83.6 cm³/mol. The van der Waals surface area contributed by atoms with E-state index < -0.39 is 0 Å². The molecular formula is C17H21N3O. The third-order valence-electron chi connectivity index (χ3n) is 3.39. The molecular weight excluding hydrogens is 262 g/mol. The van der Waals surface area contributed by atoms with Crippen LogP contribution in [-0.2, 0) is 11.3 Å². The van der Waals surface area contributed by atoms with Crippen LogP contribution in [0.5, 0.6) is 0 Å². The van der Waals surface area contributed by atoms with Crippen LogP contribution < -0.4 is 0 Å². The van der Waals surface area contributed by atoms with Gasteiger partial charge >= 0.3 is 0 Å². The summed E-state index contributed by atoms with van der Waals surface area (Å²) < 4.78 is 0. The molecule has 1 aromatic heterocycles. The van der Waals surface area contributed by atoms with Crippen molar-refractivity contribution in [1.82, 2.24) is 14.8 Å². The molecule has 0 spiro atoms. The maximum Gasteiger partial charge on any atom is 0.244 e. The molecule has 0 bridgehead atoms. The van der Waals surface area contributed by atoms with Crippen molar-refractivity contribution in [2.24, 2.45) is 0 Å². The summed E-state index contributed by atoms with van der Waals surface area (Å²) in [6.07, 6.45) is 3.59. The average molecular weight is 283 g/mol. The number of hydrogen-bond donors (Lipinski definition) is 0. The van der Waals surface area contributed by atoms with Gasteiger partial charge in [0.15, 0.2) is 0 Å². The van der Waals surface area contributed by atoms with Crippen LogP contribution in [0.15, 0.2) is 54.9 Å². The van der Waals surface area contributed by atoms with Gasteiger partial charge < -0.3 is 4.90 Å². The summed E-state index contributed by atoms with van der Waals surface area (Å²) in [5.41, 5.74) is 2.09. The molecule has 1 atom stereocenters. The van der Waals surface area contributed by atoms with Crippen molar-refractivity contribution in [2.75, 3.05) is 21.1 Å². The Morgan fingerprint density at radius 3 is 2.38 bits per heavy atom. The maximum absolute atomic E-state index is 12.5. The first-order valence-corrected chi connectivity index (χ1v) is 6.95. The second kappa shape index (κ2) is 6.99. The van der Waals surface area contributed by atoms with E-state index in [4.69, 9.17) is 0 Å². The number of carbonyl (C=O) groups excluding carboxylic acids is 1. The van der Waals surface area contributed by atoms with E-state index in [1.807, 2.05) is 55.7 Å². The zero-order chi connectivity index (χ0) is 15.2. The average Bonchev–Trinajstić information content (AvgIpc) is 2.49. The van der Waals surface area contributed by atoms with Crippen LogP contribution in [0.3, 0.4) is 0 Å². The molecule has 21 heavy (non-hydrogen) atoms. The summed E-state index contributed by atoms with van der Waals surface area (Å²) in [5, 5.41) is 0. The summed E-state index contributed by atoms with van der Waals surface area (Å²) in [6, 6.07) is 13.5. The Hall–Kier alpha value is -2.20. The van der Waals surface area contributed by atoms with Crippen molar-refractivity contribution in [1.29, 1.82) is 0 Å². The van der Waals surface area contributed by atoms with Gasteiger partial charge in [-0.1, -0.05) is 36.4 Å². The van der Waals surface area contributed by atoms with Crippen molar-refractivity contribution in [3.63, 3.8) is 0 Å². The third-order valence-corrected chi connectivity index (χ3v) is 3.39. The van der Waals surface area contributed by atoms with Crippen LogP contribution in [0.25, 0.3) is 0 Å². The fourth-order valence-corrected chi connectivity index (χ4v) is 2.34. The van der Waals surface area contributed by atoms with Crippen molar-refractivity contribution in [2.45, 2.75) is 12.6 Å². The fraction of sp³-hybridized carbons (Fsp3) is 0.294. The normalized spacial score (nSPS) is 12.2. The fourth-order valence-electron chi connectivity index (χ4n) is 2.34. The highest BCUT2D eigenvalue weighted by atomic mass is 16.2. The highest BCUT2D eigenvalue weighted by Crippen LogP contribution is 2.22. The zero-order valence-corrected chi connectivity index (χ0v) is 12.7. The van der Waals surface area contributed by atoms with Gasteiger partial charge in [-0.15, -0.1) is 0 Å². The molecule has 0 saturated carbocycles. The first-order valence-electron chi connectivity index (χ1n) is 6.95. The van der Waals surface area contributed by atoms with E-state index in [1.165, 1.54) is 0 Å². The Morgan fingerprint density at radius 2 is 1.81 bits per heavy atom. The molecule has 0 aliphatic heterocycles. The third kappa shape index (κ3) is 3.89. The molecule has 110 valence electrons. The number of hydrogen-bond acceptors (Lipinski definition) is 3. The second-order valence-electron chi connectivity index (χ2n) is 5.32. The highest BCUT2D eigenvalue weighted by Gasteiger charge is 2.26. The van der Waals surface area contributed by atoms with Crippen molar-refractivity contribution in [3.05, 3.63) is 66.0 Å². The molecule has 0 fully saturated rings. The lowest BCUT2D eigenvalue weighted by atomic mass is 10.0. The van der Waals surface area contributed by atoms with Crippen LogP contribution in [0.1, 0.15) is 17.2 Å². The van der Waals surface area contributed by atoms with Gasteiger partial charge in [-0.2, -0.15) is 0 Å². The largest absolute Gasteiger partial charge is 0.347 e. The molecule has 0 N–H and O–H groups in total. The Kier molecular flexibility index (Phi) is 5.06. The summed E-state index contributed by atoms with van der Waals surface area (Å²) >= 11 is 0. The van der Waals surface area contributed by atoms with E-state index in [1.54, 1.807) is 25.2 Å². The molecule has 0 saturated heterocycles. The standard InChI is InChI=1S/C17H21N3O/c1-19(2)17(21)16(15-9-5-4-6-10-15)20(3)13-14-8-7-11-18-12-14/h4-12,16H,13H2,1-3H3/t16-/m0/s1. The van der Waals surface area contributed by atoms with Gasteiger partial charge in [0.25, 0.3) is 0 Å². The molecule has 4 nitrogen and oxygen atoms in total. The van der Waals surface area contributed by atoms with E-state index in [0.717, 1.165) is 11.1 Å². The number of nitrogens with zero attached hydrogens (tertiary/aromatic N) is 3. The molecule has 1 aromatic carbocycles. The summed E-state index contributed by atoms with van der Waals surface area (Å²) in [5.74, 6) is 0.0765. The van der Waals surface area contributed by atoms with Gasteiger partial charge in [0.1, 0.15) is 6.04 Å². The van der Waals surface area contributed by atoms with E-state index in [2.05, 4.69) is 9.88 Å². The van der Waals surface area contributed by atoms with E-state index in [0.29, 0.717) is 6.54 Å². The number of rotatable bonds is 5. The maximum atomic E-state index is 12.5. The van der Waals surface area contributed by atoms with Gasteiger partial charge in [0.2, 0.25) is 5.91 Å². The summed E-state index contributed by atoms with van der Waals surface area (Å²) in [4.78, 5) is 20.4. The molecule has 2 rings (SSSR count). The lowest BCUT2D eigenvalue weighted by Gasteiger charge is -2.29. The minimum Gasteiger partial charge on any atom is -0.347 e. The van der Waals surface area contributed by atoms with Crippen LogP contribution in [0.2, 0.25) is 0 Å². The SMILES string of the molecule is CN(C)C(=O)[C@H](c1ccccc1)N(C)Cc1cccnc1. The Labute approximate surface area is 126 Å². The predicted octanol–water partition coefficient (Wildman–Crippen LogP) is 2.34. The molecule has 4 heteroatoms. The van der Waals surface area contributed by atoms with Crippen molar-refractivity contribution in [3.8, 4) is 0 Å². The lowest BCUT2D eigenvalue weighted by Crippen LogP contribution is -2.37. The van der Waals surface area contributed by atoms with Crippen molar-refractivity contribution >= 4 is 5.91 Å². The minimum atomic E-state index is -0.290. The van der Waals surface area contributed by atoms with Crippen LogP contribution >= 0.6 is 0 Å². The Morgan fingerprint density at radius 1 is 1.10 bits per heavy atom. The first-order chi connectivity index (χ1) is 10.1. The smallest absolute Gasteiger partial charge is 0.244 e.